The van der Waals surface area contributed by atoms with Gasteiger partial charge < -0.3 is 10.6 Å². The number of nitrogens with one attached hydrogen (secondary N) is 4. The predicted molar refractivity (Wildman–Crippen MR) is 205 cm³/mol. The van der Waals surface area contributed by atoms with Gasteiger partial charge in [-0.2, -0.15) is 0 Å². The Balaban J connectivity index is 1.10. The van der Waals surface area contributed by atoms with E-state index < -0.39 is 31.9 Å². The third kappa shape index (κ3) is 8.61. The molecule has 6 aromatic rings. The Morgan fingerprint density at radius 2 is 0.750 bits per heavy atom. The molecule has 0 aromatic heterocycles. The molecule has 10 nitrogen and oxygen atoms in total. The van der Waals surface area contributed by atoms with Crippen LogP contribution in [0.25, 0.3) is 11.1 Å². The summed E-state index contributed by atoms with van der Waals surface area (Å²) in [5.41, 5.74) is 3.11. The third-order valence-corrected chi connectivity index (χ3v) is 11.0. The van der Waals surface area contributed by atoms with Gasteiger partial charge in [0.1, 0.15) is 0 Å². The number of amides is 2. The Kier molecular flexibility index (Phi) is 10.6. The molecule has 0 atom stereocenters. The van der Waals surface area contributed by atoms with E-state index in [2.05, 4.69) is 20.1 Å². The van der Waals surface area contributed by atoms with Crippen LogP contribution in [-0.4, -0.2) is 28.6 Å². The summed E-state index contributed by atoms with van der Waals surface area (Å²) in [7, 11) is -7.96. The third-order valence-electron chi connectivity index (χ3n) is 7.70. The predicted octanol–water partition coefficient (Wildman–Crippen LogP) is 8.77. The van der Waals surface area contributed by atoms with Gasteiger partial charge in [-0.25, -0.2) is 16.8 Å². The van der Waals surface area contributed by atoms with E-state index in [1.165, 1.54) is 72.8 Å². The molecular formula is C38H28Cl2N4O6S2. The molecule has 52 heavy (non-hydrogen) atoms. The van der Waals surface area contributed by atoms with Crippen LogP contribution >= 0.6 is 23.2 Å². The number of hydrogen-bond donors (Lipinski definition) is 4. The normalized spacial score (nSPS) is 11.3. The summed E-state index contributed by atoms with van der Waals surface area (Å²) in [6, 6.07) is 38.0. The van der Waals surface area contributed by atoms with Crippen LogP contribution in [0.1, 0.15) is 20.7 Å². The summed E-state index contributed by atoms with van der Waals surface area (Å²) < 4.78 is 56.7. The van der Waals surface area contributed by atoms with Crippen molar-refractivity contribution in [1.82, 2.24) is 0 Å². The van der Waals surface area contributed by atoms with Crippen molar-refractivity contribution in [1.29, 1.82) is 0 Å². The second-order valence-corrected chi connectivity index (χ2v) is 15.5. The van der Waals surface area contributed by atoms with E-state index in [1.807, 2.05) is 0 Å². The van der Waals surface area contributed by atoms with Crippen molar-refractivity contribution >= 4 is 77.8 Å². The monoisotopic (exact) mass is 770 g/mol. The lowest BCUT2D eigenvalue weighted by molar-refractivity contribution is 0.101. The molecule has 0 unspecified atom stereocenters. The van der Waals surface area contributed by atoms with Crippen molar-refractivity contribution < 1.29 is 26.4 Å². The fourth-order valence-electron chi connectivity index (χ4n) is 5.06. The number of benzene rings is 6. The highest BCUT2D eigenvalue weighted by molar-refractivity contribution is 7.93. The minimum atomic E-state index is -3.98. The summed E-state index contributed by atoms with van der Waals surface area (Å²) in [4.78, 5) is 26.4. The summed E-state index contributed by atoms with van der Waals surface area (Å²) in [5, 5.41) is 6.39. The largest absolute Gasteiger partial charge is 0.322 e. The minimum Gasteiger partial charge on any atom is -0.322 e. The Bertz CT molecular complexity index is 2300. The van der Waals surface area contributed by atoms with Crippen molar-refractivity contribution in [3.63, 3.8) is 0 Å². The van der Waals surface area contributed by atoms with Crippen LogP contribution in [-0.2, 0) is 20.0 Å². The van der Waals surface area contributed by atoms with Gasteiger partial charge in [0.2, 0.25) is 0 Å². The molecule has 4 N–H and O–H groups in total. The summed E-state index contributed by atoms with van der Waals surface area (Å²) in [6.07, 6.45) is 0. The van der Waals surface area contributed by atoms with E-state index >= 15 is 0 Å². The van der Waals surface area contributed by atoms with Crippen LogP contribution in [0.5, 0.6) is 0 Å². The van der Waals surface area contributed by atoms with Crippen molar-refractivity contribution in [2.75, 3.05) is 20.1 Å². The standard InChI is InChI=1S/C38H28Cl2N4O6S2/c39-27-13-21-31(22-14-27)51(47,48)43-35-7-3-1-5-33(35)37(45)41-29-17-9-25(10-18-29)26-11-19-30(20-12-26)42-38(46)34-6-2-4-8-36(34)44-52(49,50)32-23-15-28(40)16-24-32/h1-24,43-44H,(H,41,45)(H,42,46). The van der Waals surface area contributed by atoms with Crippen LogP contribution in [0.15, 0.2) is 155 Å². The molecule has 262 valence electrons. The van der Waals surface area contributed by atoms with Crippen molar-refractivity contribution in [2.24, 2.45) is 0 Å². The topological polar surface area (TPSA) is 151 Å². The lowest BCUT2D eigenvalue weighted by Crippen LogP contribution is -2.18. The van der Waals surface area contributed by atoms with E-state index in [9.17, 15) is 26.4 Å². The minimum absolute atomic E-state index is 0.000395. The van der Waals surface area contributed by atoms with Gasteiger partial charge in [0.15, 0.2) is 0 Å². The maximum atomic E-state index is 13.2. The zero-order valence-electron chi connectivity index (χ0n) is 26.9. The van der Waals surface area contributed by atoms with E-state index in [0.717, 1.165) is 11.1 Å². The van der Waals surface area contributed by atoms with Crippen molar-refractivity contribution in [3.05, 3.63) is 167 Å². The first kappa shape index (κ1) is 36.1. The van der Waals surface area contributed by atoms with E-state index in [1.54, 1.807) is 72.8 Å². The average Bonchev–Trinajstić information content (AvgIpc) is 3.13. The molecule has 0 aliphatic rings. The molecular weight excluding hydrogens is 743 g/mol. The number of carbonyl (C=O) groups excluding carboxylic acids is 2. The number of hydrogen-bond acceptors (Lipinski definition) is 6. The smallest absolute Gasteiger partial charge is 0.261 e. The molecule has 6 aromatic carbocycles. The van der Waals surface area contributed by atoms with Gasteiger partial charge in [0.25, 0.3) is 31.9 Å². The number of halogens is 2. The van der Waals surface area contributed by atoms with Crippen molar-refractivity contribution in [2.45, 2.75) is 9.79 Å². The summed E-state index contributed by atoms with van der Waals surface area (Å²) in [6.45, 7) is 0. The molecule has 0 saturated carbocycles. The number of para-hydroxylation sites is 2. The van der Waals surface area contributed by atoms with Crippen LogP contribution in [0.2, 0.25) is 10.0 Å². The Labute approximate surface area is 310 Å². The molecule has 0 heterocycles. The van der Waals surface area contributed by atoms with Gasteiger partial charge in [0.05, 0.1) is 32.3 Å². The first-order valence-electron chi connectivity index (χ1n) is 15.5. The quantitative estimate of drug-likeness (QED) is 0.103. The van der Waals surface area contributed by atoms with Crippen LogP contribution in [0.3, 0.4) is 0 Å². The Morgan fingerprint density at radius 3 is 1.10 bits per heavy atom. The fraction of sp³-hybridized carbons (Fsp3) is 0. The summed E-state index contributed by atoms with van der Waals surface area (Å²) in [5.74, 6) is -1.02. The second-order valence-electron chi connectivity index (χ2n) is 11.3. The Morgan fingerprint density at radius 1 is 0.423 bits per heavy atom. The number of sulfonamides is 2. The number of rotatable bonds is 11. The van der Waals surface area contributed by atoms with Gasteiger partial charge in [-0.3, -0.25) is 19.0 Å². The lowest BCUT2D eigenvalue weighted by atomic mass is 10.0. The molecule has 0 radical (unpaired) electrons. The van der Waals surface area contributed by atoms with E-state index in [4.69, 9.17) is 23.2 Å². The van der Waals surface area contributed by atoms with E-state index in [-0.39, 0.29) is 32.3 Å². The molecule has 0 aliphatic heterocycles. The first-order valence-corrected chi connectivity index (χ1v) is 19.2. The number of anilines is 4. The Hall–Kier alpha value is -5.66. The van der Waals surface area contributed by atoms with Crippen LogP contribution in [0, 0.1) is 0 Å². The van der Waals surface area contributed by atoms with Crippen LogP contribution in [0.4, 0.5) is 22.7 Å². The van der Waals surface area contributed by atoms with Crippen molar-refractivity contribution in [3.8, 4) is 11.1 Å². The molecule has 6 rings (SSSR count). The lowest BCUT2D eigenvalue weighted by Gasteiger charge is -2.14. The molecule has 0 saturated heterocycles. The fourth-order valence-corrected chi connectivity index (χ4v) is 7.48. The zero-order chi connectivity index (χ0) is 36.9. The molecule has 0 bridgehead atoms. The van der Waals surface area contributed by atoms with E-state index in [0.29, 0.717) is 21.4 Å². The van der Waals surface area contributed by atoms with Gasteiger partial charge in [-0.05, 0) is 108 Å². The highest BCUT2D eigenvalue weighted by atomic mass is 35.5. The first-order chi connectivity index (χ1) is 24.9. The molecule has 0 aliphatic carbocycles. The van der Waals surface area contributed by atoms with Gasteiger partial charge >= 0.3 is 0 Å². The van der Waals surface area contributed by atoms with Crippen LogP contribution < -0.4 is 20.1 Å². The second kappa shape index (κ2) is 15.3. The number of carbonyl (C=O) groups is 2. The maximum absolute atomic E-state index is 13.2. The summed E-state index contributed by atoms with van der Waals surface area (Å²) >= 11 is 11.8. The molecule has 0 fully saturated rings. The maximum Gasteiger partial charge on any atom is 0.261 e. The van der Waals surface area contributed by atoms with Gasteiger partial charge in [-0.15, -0.1) is 0 Å². The highest BCUT2D eigenvalue weighted by Gasteiger charge is 2.20. The molecule has 0 spiro atoms. The van der Waals surface area contributed by atoms with Gasteiger partial charge in [0, 0.05) is 21.4 Å². The average molecular weight is 772 g/mol. The SMILES string of the molecule is O=C(Nc1ccc(-c2ccc(NC(=O)c3ccccc3NS(=O)(=O)c3ccc(Cl)cc3)cc2)cc1)c1ccccc1NS(=O)(=O)c1ccc(Cl)cc1. The highest BCUT2D eigenvalue weighted by Crippen LogP contribution is 2.27. The molecule has 2 amide bonds. The molecule has 14 heteroatoms. The zero-order valence-corrected chi connectivity index (χ0v) is 30.0. The van der Waals surface area contributed by atoms with Gasteiger partial charge in [-0.1, -0.05) is 71.7 Å².